The summed E-state index contributed by atoms with van der Waals surface area (Å²) in [6.07, 6.45) is 2.23. The molecular formula is C21H21Cl2N3O4. The first kappa shape index (κ1) is 21.9. The number of nitrogens with zero attached hydrogens (tertiary/aromatic N) is 2. The molecule has 30 heavy (non-hydrogen) atoms. The van der Waals surface area contributed by atoms with Crippen LogP contribution in [0.4, 0.5) is 0 Å². The summed E-state index contributed by atoms with van der Waals surface area (Å²) in [7, 11) is 3.03. The maximum absolute atomic E-state index is 12.7. The molecule has 0 spiro atoms. The van der Waals surface area contributed by atoms with Crippen molar-refractivity contribution >= 4 is 40.0 Å². The lowest BCUT2D eigenvalue weighted by Gasteiger charge is -2.11. The molecule has 1 amide bonds. The SMILES string of the molecule is COc1cc2ncn(CCCC(=O)NCc3ccc(Cl)cc3Cl)c(=O)c2cc1OC. The first-order valence-corrected chi connectivity index (χ1v) is 10.0. The molecule has 0 fully saturated rings. The Bertz CT molecular complexity index is 1130. The molecule has 0 saturated carbocycles. The minimum Gasteiger partial charge on any atom is -0.493 e. The zero-order chi connectivity index (χ0) is 21.7. The summed E-state index contributed by atoms with van der Waals surface area (Å²) in [5, 5.41) is 4.29. The van der Waals surface area contributed by atoms with Crippen LogP contribution < -0.4 is 20.3 Å². The highest BCUT2D eigenvalue weighted by molar-refractivity contribution is 6.35. The molecule has 0 aliphatic rings. The summed E-state index contributed by atoms with van der Waals surface area (Å²) >= 11 is 12.0. The lowest BCUT2D eigenvalue weighted by Crippen LogP contribution is -2.25. The normalized spacial score (nSPS) is 10.8. The third-order valence-electron chi connectivity index (χ3n) is 4.62. The van der Waals surface area contributed by atoms with Crippen LogP contribution in [0.25, 0.3) is 10.9 Å². The number of carbonyl (C=O) groups excluding carboxylic acids is 1. The Balaban J connectivity index is 1.60. The van der Waals surface area contributed by atoms with Crippen LogP contribution in [0.5, 0.6) is 11.5 Å². The minimum atomic E-state index is -0.200. The number of halogens is 2. The highest BCUT2D eigenvalue weighted by Crippen LogP contribution is 2.29. The molecular weight excluding hydrogens is 429 g/mol. The van der Waals surface area contributed by atoms with Crippen LogP contribution in [0.2, 0.25) is 10.0 Å². The fraction of sp³-hybridized carbons (Fsp3) is 0.286. The topological polar surface area (TPSA) is 82.5 Å². The molecule has 3 aromatic rings. The standard InChI is InChI=1S/C21H21Cl2N3O4/c1-29-18-9-15-17(10-19(18)30-2)25-12-26(21(15)28)7-3-4-20(27)24-11-13-5-6-14(22)8-16(13)23/h5-6,8-10,12H,3-4,7,11H2,1-2H3,(H,24,27). The number of rotatable bonds is 8. The monoisotopic (exact) mass is 449 g/mol. The number of benzene rings is 2. The number of fused-ring (bicyclic) bond motifs is 1. The van der Waals surface area contributed by atoms with Crippen molar-refractivity contribution in [3.63, 3.8) is 0 Å². The van der Waals surface area contributed by atoms with Gasteiger partial charge in [-0.15, -0.1) is 0 Å². The predicted molar refractivity (Wildman–Crippen MR) is 117 cm³/mol. The highest BCUT2D eigenvalue weighted by Gasteiger charge is 2.11. The molecule has 0 radical (unpaired) electrons. The number of nitrogens with one attached hydrogen (secondary N) is 1. The van der Waals surface area contributed by atoms with Gasteiger partial charge in [0.15, 0.2) is 11.5 Å². The van der Waals surface area contributed by atoms with Crippen LogP contribution in [0.15, 0.2) is 41.5 Å². The van der Waals surface area contributed by atoms with E-state index in [1.54, 1.807) is 30.3 Å². The highest BCUT2D eigenvalue weighted by atomic mass is 35.5. The summed E-state index contributed by atoms with van der Waals surface area (Å²) in [4.78, 5) is 29.2. The summed E-state index contributed by atoms with van der Waals surface area (Å²) in [5.74, 6) is 0.836. The van der Waals surface area contributed by atoms with E-state index in [-0.39, 0.29) is 17.9 Å². The number of carbonyl (C=O) groups is 1. The smallest absolute Gasteiger partial charge is 0.261 e. The fourth-order valence-corrected chi connectivity index (χ4v) is 3.48. The number of ether oxygens (including phenoxy) is 2. The first-order valence-electron chi connectivity index (χ1n) is 9.24. The van der Waals surface area contributed by atoms with Gasteiger partial charge in [-0.2, -0.15) is 0 Å². The average Bonchev–Trinajstić information content (AvgIpc) is 2.74. The maximum Gasteiger partial charge on any atom is 0.261 e. The molecule has 0 atom stereocenters. The number of aromatic nitrogens is 2. The van der Waals surface area contributed by atoms with Crippen molar-refractivity contribution in [2.24, 2.45) is 0 Å². The van der Waals surface area contributed by atoms with E-state index in [0.29, 0.717) is 52.0 Å². The zero-order valence-corrected chi connectivity index (χ0v) is 18.1. The van der Waals surface area contributed by atoms with E-state index < -0.39 is 0 Å². The van der Waals surface area contributed by atoms with Gasteiger partial charge < -0.3 is 14.8 Å². The molecule has 3 rings (SSSR count). The molecule has 2 aromatic carbocycles. The molecule has 7 nitrogen and oxygen atoms in total. The second-order valence-corrected chi connectivity index (χ2v) is 7.43. The van der Waals surface area contributed by atoms with Gasteiger partial charge >= 0.3 is 0 Å². The number of methoxy groups -OCH3 is 2. The second kappa shape index (κ2) is 9.82. The van der Waals surface area contributed by atoms with Crippen LogP contribution in [-0.4, -0.2) is 29.7 Å². The predicted octanol–water partition coefficient (Wildman–Crippen LogP) is 3.82. The van der Waals surface area contributed by atoms with Gasteiger partial charge in [0.25, 0.3) is 5.56 Å². The number of hydrogen-bond donors (Lipinski definition) is 1. The molecule has 0 aliphatic heterocycles. The number of hydrogen-bond acceptors (Lipinski definition) is 5. The lowest BCUT2D eigenvalue weighted by atomic mass is 10.2. The van der Waals surface area contributed by atoms with Crippen LogP contribution in [0, 0.1) is 0 Å². The molecule has 1 N–H and O–H groups in total. The van der Waals surface area contributed by atoms with E-state index in [2.05, 4.69) is 10.3 Å². The number of aryl methyl sites for hydroxylation is 1. The molecule has 158 valence electrons. The average molecular weight is 450 g/mol. The van der Waals surface area contributed by atoms with Gasteiger partial charge in [-0.05, 0) is 30.2 Å². The molecule has 9 heteroatoms. The van der Waals surface area contributed by atoms with Gasteiger partial charge in [-0.3, -0.25) is 14.2 Å². The summed E-state index contributed by atoms with van der Waals surface area (Å²) in [5.41, 5.74) is 1.11. The fourth-order valence-electron chi connectivity index (χ4n) is 3.00. The minimum absolute atomic E-state index is 0.130. The van der Waals surface area contributed by atoms with Crippen LogP contribution in [0.1, 0.15) is 18.4 Å². The van der Waals surface area contributed by atoms with Crippen LogP contribution in [0.3, 0.4) is 0 Å². The van der Waals surface area contributed by atoms with Gasteiger partial charge in [0.1, 0.15) is 0 Å². The van der Waals surface area contributed by atoms with Crippen molar-refractivity contribution in [1.82, 2.24) is 14.9 Å². The van der Waals surface area contributed by atoms with E-state index in [9.17, 15) is 9.59 Å². The van der Waals surface area contributed by atoms with E-state index >= 15 is 0 Å². The van der Waals surface area contributed by atoms with Crippen molar-refractivity contribution < 1.29 is 14.3 Å². The molecule has 0 unspecified atom stereocenters. The van der Waals surface area contributed by atoms with Crippen molar-refractivity contribution in [3.8, 4) is 11.5 Å². The van der Waals surface area contributed by atoms with Crippen LogP contribution >= 0.6 is 23.2 Å². The Morgan fingerprint density at radius 2 is 1.87 bits per heavy atom. The molecule has 0 aliphatic carbocycles. The first-order chi connectivity index (χ1) is 14.4. The largest absolute Gasteiger partial charge is 0.493 e. The van der Waals surface area contributed by atoms with E-state index in [0.717, 1.165) is 5.56 Å². The molecule has 1 aromatic heterocycles. The summed E-state index contributed by atoms with van der Waals surface area (Å²) < 4.78 is 12.0. The van der Waals surface area contributed by atoms with Crippen molar-refractivity contribution in [2.75, 3.05) is 14.2 Å². The Morgan fingerprint density at radius 3 is 2.57 bits per heavy atom. The van der Waals surface area contributed by atoms with Gasteiger partial charge in [0, 0.05) is 35.6 Å². The Hall–Kier alpha value is -2.77. The Kier molecular flexibility index (Phi) is 7.18. The molecule has 1 heterocycles. The van der Waals surface area contributed by atoms with Crippen LogP contribution in [-0.2, 0) is 17.9 Å². The zero-order valence-electron chi connectivity index (χ0n) is 16.6. The third kappa shape index (κ3) is 5.04. The van der Waals surface area contributed by atoms with E-state index in [4.69, 9.17) is 32.7 Å². The van der Waals surface area contributed by atoms with E-state index in [1.807, 2.05) is 0 Å². The van der Waals surface area contributed by atoms with Gasteiger partial charge in [-0.1, -0.05) is 29.3 Å². The lowest BCUT2D eigenvalue weighted by molar-refractivity contribution is -0.121. The van der Waals surface area contributed by atoms with Gasteiger partial charge in [-0.25, -0.2) is 4.98 Å². The number of amides is 1. The van der Waals surface area contributed by atoms with Crippen molar-refractivity contribution in [3.05, 3.63) is 62.6 Å². The quantitative estimate of drug-likeness (QED) is 0.565. The molecule has 0 bridgehead atoms. The van der Waals surface area contributed by atoms with Gasteiger partial charge in [0.2, 0.25) is 5.91 Å². The van der Waals surface area contributed by atoms with E-state index in [1.165, 1.54) is 25.1 Å². The summed E-state index contributed by atoms with van der Waals surface area (Å²) in [6, 6.07) is 8.40. The Labute approximate surface area is 183 Å². The second-order valence-electron chi connectivity index (χ2n) is 6.58. The van der Waals surface area contributed by atoms with Crippen molar-refractivity contribution in [2.45, 2.75) is 25.9 Å². The Morgan fingerprint density at radius 1 is 1.13 bits per heavy atom. The van der Waals surface area contributed by atoms with Crippen molar-refractivity contribution in [1.29, 1.82) is 0 Å². The van der Waals surface area contributed by atoms with Gasteiger partial charge in [0.05, 0.1) is 31.4 Å². The maximum atomic E-state index is 12.7. The molecule has 0 saturated heterocycles. The summed E-state index contributed by atoms with van der Waals surface area (Å²) in [6.45, 7) is 0.680. The third-order valence-corrected chi connectivity index (χ3v) is 5.21.